The Morgan fingerprint density at radius 3 is 3.00 bits per heavy atom. The third-order valence-corrected chi connectivity index (χ3v) is 4.34. The fraction of sp³-hybridized carbons (Fsp3) is 0.357. The minimum atomic E-state index is -0.0718. The van der Waals surface area contributed by atoms with Crippen LogP contribution in [0.25, 0.3) is 0 Å². The number of nitrogens with one attached hydrogen (secondary N) is 2. The van der Waals surface area contributed by atoms with E-state index in [-0.39, 0.29) is 11.9 Å². The first-order chi connectivity index (χ1) is 10.3. The Labute approximate surface area is 127 Å². The van der Waals surface area contributed by atoms with E-state index >= 15 is 0 Å². The molecule has 1 aliphatic rings. The molecule has 1 aliphatic heterocycles. The number of aromatic nitrogens is 3. The van der Waals surface area contributed by atoms with E-state index in [9.17, 15) is 4.79 Å². The van der Waals surface area contributed by atoms with Crippen LogP contribution in [0.15, 0.2) is 36.9 Å². The summed E-state index contributed by atoms with van der Waals surface area (Å²) in [6, 6.07) is 7.98. The maximum atomic E-state index is 12.0. The van der Waals surface area contributed by atoms with Gasteiger partial charge in [-0.05, 0) is 11.1 Å². The van der Waals surface area contributed by atoms with Crippen molar-refractivity contribution in [2.75, 3.05) is 11.6 Å². The Morgan fingerprint density at radius 2 is 2.29 bits per heavy atom. The molecule has 1 amide bonds. The smallest absolute Gasteiger partial charge is 0.238 e. The molecular formula is C14H17N5OS. The summed E-state index contributed by atoms with van der Waals surface area (Å²) in [5, 5.41) is 10.3. The summed E-state index contributed by atoms with van der Waals surface area (Å²) in [6.45, 7) is 1.19. The van der Waals surface area contributed by atoms with E-state index in [0.29, 0.717) is 13.1 Å². The van der Waals surface area contributed by atoms with Crippen molar-refractivity contribution in [2.45, 2.75) is 19.1 Å². The van der Waals surface area contributed by atoms with Crippen molar-refractivity contribution in [3.63, 3.8) is 0 Å². The molecule has 21 heavy (non-hydrogen) atoms. The predicted molar refractivity (Wildman–Crippen MR) is 81.7 cm³/mol. The monoisotopic (exact) mass is 303 g/mol. The van der Waals surface area contributed by atoms with Crippen LogP contribution in [-0.4, -0.2) is 38.3 Å². The maximum absolute atomic E-state index is 12.0. The molecule has 6 nitrogen and oxygen atoms in total. The first-order valence-corrected chi connectivity index (χ1v) is 7.96. The van der Waals surface area contributed by atoms with Gasteiger partial charge in [0.15, 0.2) is 0 Å². The standard InChI is InChI=1S/C14H17N5OS/c20-14(13-7-21-10-17-13)16-5-11-3-1-2-4-12(11)6-19-9-15-8-18-19/h1-4,8-9,13,17H,5-7,10H2,(H,16,20)/t13-/m1/s1. The van der Waals surface area contributed by atoms with Crippen LogP contribution < -0.4 is 10.6 Å². The van der Waals surface area contributed by atoms with Crippen molar-refractivity contribution in [3.8, 4) is 0 Å². The van der Waals surface area contributed by atoms with Crippen molar-refractivity contribution >= 4 is 17.7 Å². The van der Waals surface area contributed by atoms with Crippen molar-refractivity contribution in [1.29, 1.82) is 0 Å². The van der Waals surface area contributed by atoms with Gasteiger partial charge in [-0.25, -0.2) is 9.67 Å². The summed E-state index contributed by atoms with van der Waals surface area (Å²) in [5.74, 6) is 1.75. The van der Waals surface area contributed by atoms with Crippen LogP contribution in [0, 0.1) is 0 Å². The minimum absolute atomic E-state index is 0.0653. The first kappa shape index (κ1) is 14.1. The summed E-state index contributed by atoms with van der Waals surface area (Å²) in [4.78, 5) is 16.0. The SMILES string of the molecule is O=C(NCc1ccccc1Cn1cncn1)[C@H]1CSCN1. The highest BCUT2D eigenvalue weighted by Crippen LogP contribution is 2.12. The van der Waals surface area contributed by atoms with Crippen LogP contribution in [0.4, 0.5) is 0 Å². The lowest BCUT2D eigenvalue weighted by molar-refractivity contribution is -0.122. The van der Waals surface area contributed by atoms with Crippen LogP contribution in [0.3, 0.4) is 0 Å². The molecule has 1 aromatic heterocycles. The van der Waals surface area contributed by atoms with E-state index < -0.39 is 0 Å². The molecule has 1 fully saturated rings. The van der Waals surface area contributed by atoms with Gasteiger partial charge >= 0.3 is 0 Å². The third-order valence-electron chi connectivity index (χ3n) is 3.40. The Bertz CT molecular complexity index is 595. The summed E-state index contributed by atoms with van der Waals surface area (Å²) in [7, 11) is 0. The molecule has 0 radical (unpaired) electrons. The van der Waals surface area contributed by atoms with E-state index in [0.717, 1.165) is 22.8 Å². The number of thioether (sulfide) groups is 1. The van der Waals surface area contributed by atoms with E-state index in [1.54, 1.807) is 22.8 Å². The summed E-state index contributed by atoms with van der Waals surface area (Å²) >= 11 is 1.75. The fourth-order valence-electron chi connectivity index (χ4n) is 2.24. The highest BCUT2D eigenvalue weighted by atomic mass is 32.2. The van der Waals surface area contributed by atoms with Crippen molar-refractivity contribution < 1.29 is 4.79 Å². The maximum Gasteiger partial charge on any atom is 0.238 e. The molecule has 2 N–H and O–H groups in total. The number of carbonyl (C=O) groups is 1. The molecule has 0 bridgehead atoms. The molecule has 2 aromatic rings. The van der Waals surface area contributed by atoms with Crippen LogP contribution in [0.1, 0.15) is 11.1 Å². The molecule has 1 atom stereocenters. The second-order valence-corrected chi connectivity index (χ2v) is 5.88. The zero-order valence-electron chi connectivity index (χ0n) is 11.5. The average molecular weight is 303 g/mol. The minimum Gasteiger partial charge on any atom is -0.351 e. The van der Waals surface area contributed by atoms with E-state index in [2.05, 4.69) is 20.7 Å². The van der Waals surface area contributed by atoms with Gasteiger partial charge in [0, 0.05) is 18.2 Å². The molecular weight excluding hydrogens is 286 g/mol. The number of hydrogen-bond acceptors (Lipinski definition) is 5. The molecule has 0 unspecified atom stereocenters. The van der Waals surface area contributed by atoms with E-state index in [4.69, 9.17) is 0 Å². The number of carbonyl (C=O) groups excluding carboxylic acids is 1. The summed E-state index contributed by atoms with van der Waals surface area (Å²) in [5.41, 5.74) is 2.24. The normalized spacial score (nSPS) is 17.8. The summed E-state index contributed by atoms with van der Waals surface area (Å²) in [6.07, 6.45) is 3.21. The van der Waals surface area contributed by atoms with Gasteiger partial charge in [0.25, 0.3) is 0 Å². The van der Waals surface area contributed by atoms with Crippen LogP contribution in [-0.2, 0) is 17.9 Å². The van der Waals surface area contributed by atoms with Gasteiger partial charge in [-0.1, -0.05) is 24.3 Å². The second kappa shape index (κ2) is 6.73. The highest BCUT2D eigenvalue weighted by molar-refractivity contribution is 7.99. The molecule has 1 saturated heterocycles. The van der Waals surface area contributed by atoms with Crippen molar-refractivity contribution in [2.24, 2.45) is 0 Å². The molecule has 3 rings (SSSR count). The lowest BCUT2D eigenvalue weighted by Gasteiger charge is -2.13. The number of rotatable bonds is 5. The molecule has 2 heterocycles. The van der Waals surface area contributed by atoms with Gasteiger partial charge < -0.3 is 5.32 Å². The Hall–Kier alpha value is -1.86. The second-order valence-electron chi connectivity index (χ2n) is 4.85. The molecule has 110 valence electrons. The zero-order valence-corrected chi connectivity index (χ0v) is 12.3. The first-order valence-electron chi connectivity index (χ1n) is 6.81. The van der Waals surface area contributed by atoms with Crippen LogP contribution in [0.5, 0.6) is 0 Å². The predicted octanol–water partition coefficient (Wildman–Crippen LogP) is 0.605. The molecule has 7 heteroatoms. The average Bonchev–Trinajstić information content (AvgIpc) is 3.19. The topological polar surface area (TPSA) is 71.8 Å². The van der Waals surface area contributed by atoms with Gasteiger partial charge in [0.2, 0.25) is 5.91 Å². The lowest BCUT2D eigenvalue weighted by Crippen LogP contribution is -2.41. The van der Waals surface area contributed by atoms with Gasteiger partial charge in [-0.15, -0.1) is 11.8 Å². The van der Waals surface area contributed by atoms with E-state index in [1.165, 1.54) is 6.33 Å². The molecule has 0 saturated carbocycles. The molecule has 1 aromatic carbocycles. The molecule has 0 aliphatic carbocycles. The van der Waals surface area contributed by atoms with Crippen LogP contribution >= 0.6 is 11.8 Å². The number of benzene rings is 1. The number of hydrogen-bond donors (Lipinski definition) is 2. The van der Waals surface area contributed by atoms with Gasteiger partial charge in [-0.2, -0.15) is 5.10 Å². The van der Waals surface area contributed by atoms with Gasteiger partial charge in [-0.3, -0.25) is 10.1 Å². The lowest BCUT2D eigenvalue weighted by atomic mass is 10.1. The van der Waals surface area contributed by atoms with Gasteiger partial charge in [0.1, 0.15) is 12.7 Å². The van der Waals surface area contributed by atoms with E-state index in [1.807, 2.05) is 24.3 Å². The summed E-state index contributed by atoms with van der Waals surface area (Å²) < 4.78 is 1.77. The van der Waals surface area contributed by atoms with Gasteiger partial charge in [0.05, 0.1) is 12.6 Å². The highest BCUT2D eigenvalue weighted by Gasteiger charge is 2.22. The quantitative estimate of drug-likeness (QED) is 0.846. The van der Waals surface area contributed by atoms with Crippen LogP contribution in [0.2, 0.25) is 0 Å². The Kier molecular flexibility index (Phi) is 4.52. The molecule has 0 spiro atoms. The largest absolute Gasteiger partial charge is 0.351 e. The van der Waals surface area contributed by atoms with Crippen molar-refractivity contribution in [1.82, 2.24) is 25.4 Å². The Balaban J connectivity index is 1.63. The Morgan fingerprint density at radius 1 is 1.43 bits per heavy atom. The number of nitrogens with zero attached hydrogens (tertiary/aromatic N) is 3. The third kappa shape index (κ3) is 3.62. The fourth-order valence-corrected chi connectivity index (χ4v) is 3.18. The number of amides is 1. The zero-order chi connectivity index (χ0) is 14.5. The van der Waals surface area contributed by atoms with Crippen molar-refractivity contribution in [3.05, 3.63) is 48.0 Å².